The van der Waals surface area contributed by atoms with E-state index >= 15 is 0 Å². The van der Waals surface area contributed by atoms with Gasteiger partial charge in [-0.1, -0.05) is 0 Å². The van der Waals surface area contributed by atoms with Gasteiger partial charge in [-0.3, -0.25) is 9.11 Å². The predicted molar refractivity (Wildman–Crippen MR) is 148 cm³/mol. The van der Waals surface area contributed by atoms with Crippen LogP contribution in [0.4, 0.5) is 0 Å². The Morgan fingerprint density at radius 1 is 0.510 bits per heavy atom. The summed E-state index contributed by atoms with van der Waals surface area (Å²) in [5.74, 6) is 0. The van der Waals surface area contributed by atoms with Gasteiger partial charge in [0.05, 0.1) is 26.4 Å². The summed E-state index contributed by atoms with van der Waals surface area (Å²) in [7, 11) is -10.5. The summed E-state index contributed by atoms with van der Waals surface area (Å²) >= 11 is 0. The van der Waals surface area contributed by atoms with Crippen molar-refractivity contribution in [2.75, 3.05) is 26.4 Å². The van der Waals surface area contributed by atoms with Crippen molar-refractivity contribution in [3.63, 3.8) is 0 Å². The number of hydrogen-bond donors (Lipinski definition) is 10. The van der Waals surface area contributed by atoms with E-state index in [1.54, 1.807) is 0 Å². The Kier molecular flexibility index (Phi) is 11.9. The highest BCUT2D eigenvalue weighted by atomic mass is 32.3. The van der Waals surface area contributed by atoms with Crippen molar-refractivity contribution < 1.29 is 118 Å². The molecular weight excluding hydrogens is 752 g/mol. The standard InChI is InChI=1S/C24H38O25S2/c25-1-5-15(48-50(33,34)35)19(10(28)21(32)41-5)46-23-12(30)18-14(8(44-23)4-40-18)45-24-13(31)20(16(6(2-26)42-24)49-51(36,37)38)47-22-11(29)17-9(27)7(43-22)3-39-17/h5-32H,1-4H2,(H,33,34,35)(H,36,37,38). The summed E-state index contributed by atoms with van der Waals surface area (Å²) in [6, 6.07) is 0. The lowest BCUT2D eigenvalue weighted by atomic mass is 9.96. The van der Waals surface area contributed by atoms with Crippen molar-refractivity contribution in [1.29, 1.82) is 0 Å². The summed E-state index contributed by atoms with van der Waals surface area (Å²) < 4.78 is 124. The molecule has 4 bridgehead atoms. The number of ether oxygens (including phenoxy) is 9. The fourth-order valence-corrected chi connectivity index (χ4v) is 7.78. The molecule has 6 rings (SSSR count). The molecule has 6 aliphatic heterocycles. The van der Waals surface area contributed by atoms with Gasteiger partial charge in [0.1, 0.15) is 97.7 Å². The van der Waals surface area contributed by atoms with Crippen LogP contribution in [-0.2, 0) is 71.8 Å². The van der Waals surface area contributed by atoms with Crippen LogP contribution in [0.3, 0.4) is 0 Å². The lowest BCUT2D eigenvalue weighted by Gasteiger charge is -2.47. The van der Waals surface area contributed by atoms with Crippen molar-refractivity contribution in [3.05, 3.63) is 0 Å². The first-order valence-corrected chi connectivity index (χ1v) is 18.1. The van der Waals surface area contributed by atoms with Crippen molar-refractivity contribution in [2.24, 2.45) is 0 Å². The Morgan fingerprint density at radius 2 is 0.961 bits per heavy atom. The molecule has 6 saturated heterocycles. The third kappa shape index (κ3) is 8.21. The lowest BCUT2D eigenvalue weighted by molar-refractivity contribution is -0.370. The highest BCUT2D eigenvalue weighted by molar-refractivity contribution is 7.81. The second kappa shape index (κ2) is 15.3. The average molecular weight is 791 g/mol. The van der Waals surface area contributed by atoms with E-state index in [0.29, 0.717) is 0 Å². The van der Waals surface area contributed by atoms with Gasteiger partial charge in [0.2, 0.25) is 0 Å². The SMILES string of the molecule is O=S(=O)(O)OC1C(CO)OC(O)C(O)C1OC1OC2COC(C1O)C2OC1OC(CO)C(OS(=O)(=O)O)C(OC2OC3COC(C3O)C2O)C1O. The van der Waals surface area contributed by atoms with Crippen LogP contribution in [0.1, 0.15) is 0 Å². The molecule has 20 atom stereocenters. The molecule has 0 aromatic heterocycles. The number of fused-ring (bicyclic) bond motifs is 4. The number of rotatable bonds is 12. The molecule has 0 aromatic rings. The van der Waals surface area contributed by atoms with Crippen LogP contribution in [0.15, 0.2) is 0 Å². The van der Waals surface area contributed by atoms with Gasteiger partial charge in [-0.2, -0.15) is 16.8 Å². The summed E-state index contributed by atoms with van der Waals surface area (Å²) in [4.78, 5) is 0. The molecule has 25 nitrogen and oxygen atoms in total. The van der Waals surface area contributed by atoms with E-state index in [4.69, 9.17) is 42.6 Å². The first kappa shape index (κ1) is 39.7. The number of hydrogen-bond acceptors (Lipinski definition) is 23. The van der Waals surface area contributed by atoms with Gasteiger partial charge in [-0.15, -0.1) is 0 Å². The molecule has 296 valence electrons. The molecule has 27 heteroatoms. The normalized spacial score (nSPS) is 50.4. The van der Waals surface area contributed by atoms with Gasteiger partial charge in [0.15, 0.2) is 25.2 Å². The van der Waals surface area contributed by atoms with Gasteiger partial charge in [-0.05, 0) is 0 Å². The van der Waals surface area contributed by atoms with E-state index in [1.807, 2.05) is 0 Å². The summed E-state index contributed by atoms with van der Waals surface area (Å²) in [6.07, 6.45) is -33.6. The fourth-order valence-electron chi connectivity index (χ4n) is 6.75. The van der Waals surface area contributed by atoms with Crippen LogP contribution in [0.25, 0.3) is 0 Å². The molecule has 6 heterocycles. The zero-order chi connectivity index (χ0) is 37.2. The molecule has 6 aliphatic rings. The molecule has 0 radical (unpaired) electrons. The van der Waals surface area contributed by atoms with Crippen molar-refractivity contribution in [3.8, 4) is 0 Å². The van der Waals surface area contributed by atoms with Gasteiger partial charge < -0.3 is 83.5 Å². The fraction of sp³-hybridized carbons (Fsp3) is 1.00. The highest BCUT2D eigenvalue weighted by Gasteiger charge is 2.59. The predicted octanol–water partition coefficient (Wildman–Crippen LogP) is -8.00. The Bertz CT molecular complexity index is 1420. The summed E-state index contributed by atoms with van der Waals surface area (Å²) in [5, 5.41) is 83.6. The minimum absolute atomic E-state index is 0.142. The minimum atomic E-state index is -5.29. The van der Waals surface area contributed by atoms with E-state index in [2.05, 4.69) is 8.37 Å². The minimum Gasteiger partial charge on any atom is -0.394 e. The monoisotopic (exact) mass is 790 g/mol. The Hall–Kier alpha value is -0.940. The van der Waals surface area contributed by atoms with E-state index in [-0.39, 0.29) is 13.2 Å². The van der Waals surface area contributed by atoms with Crippen molar-refractivity contribution in [2.45, 2.75) is 123 Å². The zero-order valence-electron chi connectivity index (χ0n) is 25.8. The van der Waals surface area contributed by atoms with Gasteiger partial charge in [0, 0.05) is 0 Å². The van der Waals surface area contributed by atoms with Crippen molar-refractivity contribution in [1.82, 2.24) is 0 Å². The molecule has 0 spiro atoms. The highest BCUT2D eigenvalue weighted by Crippen LogP contribution is 2.39. The van der Waals surface area contributed by atoms with Crippen LogP contribution < -0.4 is 0 Å². The first-order valence-electron chi connectivity index (χ1n) is 15.3. The zero-order valence-corrected chi connectivity index (χ0v) is 27.4. The quantitative estimate of drug-likeness (QED) is 0.0821. The molecule has 0 aromatic carbocycles. The molecule has 0 aliphatic carbocycles. The second-order valence-electron chi connectivity index (χ2n) is 12.4. The van der Waals surface area contributed by atoms with E-state index in [0.717, 1.165) is 0 Å². The number of aliphatic hydroxyl groups is 8. The van der Waals surface area contributed by atoms with E-state index in [9.17, 15) is 66.8 Å². The van der Waals surface area contributed by atoms with Crippen LogP contribution in [0, 0.1) is 0 Å². The smallest absolute Gasteiger partial charge is 0.394 e. The molecule has 6 fully saturated rings. The third-order valence-corrected chi connectivity index (χ3v) is 10.0. The lowest BCUT2D eigenvalue weighted by Crippen LogP contribution is -2.66. The topological polar surface area (TPSA) is 372 Å². The molecular formula is C24H38O25S2. The Balaban J connectivity index is 1.19. The molecule has 0 saturated carbocycles. The van der Waals surface area contributed by atoms with Gasteiger partial charge in [0.25, 0.3) is 0 Å². The van der Waals surface area contributed by atoms with Gasteiger partial charge >= 0.3 is 20.8 Å². The van der Waals surface area contributed by atoms with Crippen LogP contribution >= 0.6 is 0 Å². The molecule has 0 amide bonds. The summed E-state index contributed by atoms with van der Waals surface area (Å²) in [6.45, 7) is -2.46. The van der Waals surface area contributed by atoms with E-state index in [1.165, 1.54) is 0 Å². The Morgan fingerprint density at radius 3 is 1.53 bits per heavy atom. The first-order chi connectivity index (χ1) is 23.9. The third-order valence-electron chi connectivity index (χ3n) is 9.11. The Labute approximate surface area is 287 Å². The molecule has 20 unspecified atom stereocenters. The van der Waals surface area contributed by atoms with Crippen LogP contribution in [-0.4, -0.2) is 216 Å². The van der Waals surface area contributed by atoms with Crippen LogP contribution in [0.5, 0.6) is 0 Å². The average Bonchev–Trinajstić information content (AvgIpc) is 3.50. The maximum absolute atomic E-state index is 11.7. The number of aliphatic hydroxyl groups excluding tert-OH is 8. The molecule has 10 N–H and O–H groups in total. The van der Waals surface area contributed by atoms with Crippen molar-refractivity contribution >= 4 is 20.8 Å². The maximum atomic E-state index is 11.7. The van der Waals surface area contributed by atoms with E-state index < -0.39 is 157 Å². The molecule has 51 heavy (non-hydrogen) atoms. The largest absolute Gasteiger partial charge is 0.397 e. The maximum Gasteiger partial charge on any atom is 0.397 e. The van der Waals surface area contributed by atoms with Crippen LogP contribution in [0.2, 0.25) is 0 Å². The second-order valence-corrected chi connectivity index (χ2v) is 14.5. The summed E-state index contributed by atoms with van der Waals surface area (Å²) in [5.41, 5.74) is 0. The van der Waals surface area contributed by atoms with Gasteiger partial charge in [-0.25, -0.2) is 8.37 Å².